The Morgan fingerprint density at radius 3 is 2.26 bits per heavy atom. The number of ether oxygens (including phenoxy) is 3. The van der Waals surface area contributed by atoms with Crippen molar-refractivity contribution in [1.29, 1.82) is 0 Å². The van der Waals surface area contributed by atoms with Crippen molar-refractivity contribution in [3.63, 3.8) is 0 Å². The van der Waals surface area contributed by atoms with Gasteiger partial charge >= 0.3 is 0 Å². The zero-order valence-electron chi connectivity index (χ0n) is 14.2. The highest BCUT2D eigenvalue weighted by Crippen LogP contribution is 2.31. The van der Waals surface area contributed by atoms with Gasteiger partial charge in [0.15, 0.2) is 11.5 Å². The van der Waals surface area contributed by atoms with Crippen LogP contribution in [-0.2, 0) is 4.79 Å². The van der Waals surface area contributed by atoms with Gasteiger partial charge in [-0.3, -0.25) is 4.79 Å². The zero-order chi connectivity index (χ0) is 18.6. The van der Waals surface area contributed by atoms with Crippen LogP contribution in [0.5, 0.6) is 23.0 Å². The molecule has 27 heavy (non-hydrogen) atoms. The van der Waals surface area contributed by atoms with E-state index in [1.807, 2.05) is 42.5 Å². The van der Waals surface area contributed by atoms with Crippen LogP contribution in [0.25, 0.3) is 0 Å². The molecular weight excluding hydrogens is 410 g/mol. The lowest BCUT2D eigenvalue weighted by molar-refractivity contribution is -0.125. The largest absolute Gasteiger partial charge is 0.485 e. The van der Waals surface area contributed by atoms with E-state index in [4.69, 9.17) is 14.2 Å². The molecule has 0 saturated carbocycles. The molecule has 136 valence electrons. The third-order valence-corrected chi connectivity index (χ3v) is 4.50. The Hall–Kier alpha value is -2.99. The van der Waals surface area contributed by atoms with Crippen LogP contribution in [0.3, 0.4) is 0 Å². The van der Waals surface area contributed by atoms with E-state index >= 15 is 0 Å². The van der Waals surface area contributed by atoms with E-state index < -0.39 is 6.10 Å². The third-order valence-electron chi connectivity index (χ3n) is 3.97. The standard InChI is InChI=1S/C21H16BrNO4/c22-14-5-9-16(10-6-14)26-17-11-7-15(8-12-17)23-21(24)20-13-25-18-3-1-2-4-19(18)27-20/h1-12,20H,13H2,(H,23,24). The molecule has 0 fully saturated rings. The number of halogens is 1. The van der Waals surface area contributed by atoms with E-state index in [0.29, 0.717) is 22.9 Å². The number of nitrogens with one attached hydrogen (secondary N) is 1. The first kappa shape index (κ1) is 17.4. The van der Waals surface area contributed by atoms with E-state index in [1.54, 1.807) is 30.3 Å². The highest BCUT2D eigenvalue weighted by atomic mass is 79.9. The zero-order valence-corrected chi connectivity index (χ0v) is 15.8. The number of hydrogen-bond donors (Lipinski definition) is 1. The van der Waals surface area contributed by atoms with E-state index in [1.165, 1.54) is 0 Å². The molecule has 1 aliphatic heterocycles. The quantitative estimate of drug-likeness (QED) is 0.637. The van der Waals surface area contributed by atoms with Gasteiger partial charge < -0.3 is 19.5 Å². The van der Waals surface area contributed by atoms with Crippen molar-refractivity contribution < 1.29 is 19.0 Å². The molecule has 0 bridgehead atoms. The first-order valence-electron chi connectivity index (χ1n) is 8.40. The number of fused-ring (bicyclic) bond motifs is 1. The molecule has 1 aliphatic rings. The highest BCUT2D eigenvalue weighted by Gasteiger charge is 2.27. The van der Waals surface area contributed by atoms with Crippen LogP contribution >= 0.6 is 15.9 Å². The van der Waals surface area contributed by atoms with Crippen LogP contribution < -0.4 is 19.5 Å². The second kappa shape index (κ2) is 7.72. The molecule has 5 nitrogen and oxygen atoms in total. The summed E-state index contributed by atoms with van der Waals surface area (Å²) in [6.45, 7) is 0.174. The Balaban J connectivity index is 1.37. The van der Waals surface area contributed by atoms with E-state index in [9.17, 15) is 4.79 Å². The van der Waals surface area contributed by atoms with Gasteiger partial charge in [0.2, 0.25) is 6.10 Å². The number of carbonyl (C=O) groups excluding carboxylic acids is 1. The van der Waals surface area contributed by atoms with E-state index in [2.05, 4.69) is 21.2 Å². The smallest absolute Gasteiger partial charge is 0.269 e. The second-order valence-electron chi connectivity index (χ2n) is 5.93. The average Bonchev–Trinajstić information content (AvgIpc) is 2.71. The number of benzene rings is 3. The van der Waals surface area contributed by atoms with Crippen LogP contribution in [0.1, 0.15) is 0 Å². The van der Waals surface area contributed by atoms with Crippen LogP contribution in [0, 0.1) is 0 Å². The summed E-state index contributed by atoms with van der Waals surface area (Å²) in [4.78, 5) is 12.4. The van der Waals surface area contributed by atoms with Crippen molar-refractivity contribution in [2.45, 2.75) is 6.10 Å². The van der Waals surface area contributed by atoms with Gasteiger partial charge in [-0.05, 0) is 60.7 Å². The van der Waals surface area contributed by atoms with Gasteiger partial charge in [-0.15, -0.1) is 0 Å². The molecule has 3 aromatic rings. The molecule has 1 atom stereocenters. The maximum absolute atomic E-state index is 12.4. The lowest BCUT2D eigenvalue weighted by Crippen LogP contribution is -2.40. The average molecular weight is 426 g/mol. The molecule has 1 amide bonds. The second-order valence-corrected chi connectivity index (χ2v) is 6.85. The van der Waals surface area contributed by atoms with Crippen molar-refractivity contribution >= 4 is 27.5 Å². The summed E-state index contributed by atoms with van der Waals surface area (Å²) in [7, 11) is 0. The summed E-state index contributed by atoms with van der Waals surface area (Å²) in [5.41, 5.74) is 0.658. The molecule has 1 unspecified atom stereocenters. The van der Waals surface area contributed by atoms with Crippen molar-refractivity contribution in [2.75, 3.05) is 11.9 Å². The van der Waals surface area contributed by atoms with Crippen LogP contribution in [0.2, 0.25) is 0 Å². The number of rotatable bonds is 4. The summed E-state index contributed by atoms with van der Waals surface area (Å²) < 4.78 is 18.1. The lowest BCUT2D eigenvalue weighted by Gasteiger charge is -2.25. The molecule has 0 aliphatic carbocycles. The number of hydrogen-bond acceptors (Lipinski definition) is 4. The Labute approximate surface area is 165 Å². The minimum atomic E-state index is -0.696. The molecule has 3 aromatic carbocycles. The van der Waals surface area contributed by atoms with Crippen LogP contribution in [0.15, 0.2) is 77.3 Å². The minimum Gasteiger partial charge on any atom is -0.485 e. The Morgan fingerprint density at radius 1 is 0.926 bits per heavy atom. The summed E-state index contributed by atoms with van der Waals surface area (Å²) in [5, 5.41) is 2.84. The van der Waals surface area contributed by atoms with Gasteiger partial charge in [0.1, 0.15) is 18.1 Å². The monoisotopic (exact) mass is 425 g/mol. The predicted molar refractivity (Wildman–Crippen MR) is 106 cm³/mol. The van der Waals surface area contributed by atoms with Crippen molar-refractivity contribution in [3.05, 3.63) is 77.3 Å². The molecule has 0 aromatic heterocycles. The summed E-state index contributed by atoms with van der Waals surface area (Å²) in [6, 6.07) is 22.0. The normalized spacial score (nSPS) is 15.1. The molecule has 0 radical (unpaired) electrons. The first-order valence-corrected chi connectivity index (χ1v) is 9.19. The van der Waals surface area contributed by atoms with Crippen LogP contribution in [-0.4, -0.2) is 18.6 Å². The molecule has 0 spiro atoms. The molecular formula is C21H16BrNO4. The van der Waals surface area contributed by atoms with Crippen LogP contribution in [0.4, 0.5) is 5.69 Å². The van der Waals surface area contributed by atoms with Crippen molar-refractivity contribution in [2.24, 2.45) is 0 Å². The molecule has 4 rings (SSSR count). The van der Waals surface area contributed by atoms with Crippen molar-refractivity contribution in [1.82, 2.24) is 0 Å². The van der Waals surface area contributed by atoms with Gasteiger partial charge in [0.05, 0.1) is 0 Å². The highest BCUT2D eigenvalue weighted by molar-refractivity contribution is 9.10. The predicted octanol–water partition coefficient (Wildman–Crippen LogP) is 5.02. The third kappa shape index (κ3) is 4.23. The maximum atomic E-state index is 12.4. The summed E-state index contributed by atoms with van der Waals surface area (Å²) in [6.07, 6.45) is -0.696. The van der Waals surface area contributed by atoms with Crippen molar-refractivity contribution in [3.8, 4) is 23.0 Å². The van der Waals surface area contributed by atoms with E-state index in [-0.39, 0.29) is 12.5 Å². The Kier molecular flexibility index (Phi) is 4.98. The first-order chi connectivity index (χ1) is 13.2. The lowest BCUT2D eigenvalue weighted by atomic mass is 10.2. The maximum Gasteiger partial charge on any atom is 0.269 e. The molecule has 1 heterocycles. The number of anilines is 1. The SMILES string of the molecule is O=C(Nc1ccc(Oc2ccc(Br)cc2)cc1)C1COc2ccccc2O1. The number of amides is 1. The summed E-state index contributed by atoms with van der Waals surface area (Å²) >= 11 is 3.39. The fourth-order valence-electron chi connectivity index (χ4n) is 2.62. The topological polar surface area (TPSA) is 56.8 Å². The number of para-hydroxylation sites is 2. The molecule has 6 heteroatoms. The Bertz CT molecular complexity index is 941. The van der Waals surface area contributed by atoms with E-state index in [0.717, 1.165) is 10.2 Å². The summed E-state index contributed by atoms with van der Waals surface area (Å²) in [5.74, 6) is 2.38. The molecule has 0 saturated heterocycles. The fourth-order valence-corrected chi connectivity index (χ4v) is 2.88. The van der Waals surface area contributed by atoms with Gasteiger partial charge in [0, 0.05) is 10.2 Å². The van der Waals surface area contributed by atoms with Gasteiger partial charge in [-0.1, -0.05) is 28.1 Å². The van der Waals surface area contributed by atoms with Gasteiger partial charge in [-0.2, -0.15) is 0 Å². The number of carbonyl (C=O) groups is 1. The Morgan fingerprint density at radius 2 is 1.56 bits per heavy atom. The van der Waals surface area contributed by atoms with Gasteiger partial charge in [-0.25, -0.2) is 0 Å². The minimum absolute atomic E-state index is 0.174. The van der Waals surface area contributed by atoms with Gasteiger partial charge in [0.25, 0.3) is 5.91 Å². The fraction of sp³-hybridized carbons (Fsp3) is 0.0952. The molecule has 1 N–H and O–H groups in total.